The van der Waals surface area contributed by atoms with Crippen LogP contribution in [0.5, 0.6) is 5.75 Å². The molecule has 2 aromatic rings. The van der Waals surface area contributed by atoms with Crippen LogP contribution in [0.25, 0.3) is 0 Å². The average Bonchev–Trinajstić information content (AvgIpc) is 2.72. The number of nitriles is 1. The van der Waals surface area contributed by atoms with E-state index in [1.165, 1.54) is 9.36 Å². The van der Waals surface area contributed by atoms with Gasteiger partial charge >= 0.3 is 0 Å². The molecule has 0 radical (unpaired) electrons. The zero-order valence-electron chi connectivity index (χ0n) is 11.0. The van der Waals surface area contributed by atoms with Gasteiger partial charge in [0.2, 0.25) is 4.77 Å². The molecule has 2 rings (SSSR count). The summed E-state index contributed by atoms with van der Waals surface area (Å²) in [6.07, 6.45) is 0.322. The van der Waals surface area contributed by atoms with Gasteiger partial charge in [-0.15, -0.1) is 0 Å². The number of nitrogens with zero attached hydrogens (tertiary/aromatic N) is 4. The first-order valence-electron chi connectivity index (χ1n) is 5.81. The van der Waals surface area contributed by atoms with E-state index in [-0.39, 0.29) is 12.1 Å². The highest BCUT2D eigenvalue weighted by Crippen LogP contribution is 2.16. The van der Waals surface area contributed by atoms with Gasteiger partial charge in [-0.1, -0.05) is 11.6 Å². The van der Waals surface area contributed by atoms with Gasteiger partial charge in [0, 0.05) is 5.02 Å². The molecule has 1 heterocycles. The third-order valence-electron chi connectivity index (χ3n) is 2.56. The lowest BCUT2D eigenvalue weighted by molar-refractivity contribution is 0.291. The number of hydrogen-bond acceptors (Lipinski definition) is 5. The zero-order valence-corrected chi connectivity index (χ0v) is 12.6. The van der Waals surface area contributed by atoms with Crippen molar-refractivity contribution in [3.8, 4) is 11.8 Å². The summed E-state index contributed by atoms with van der Waals surface area (Å²) < 4.78 is 8.70. The lowest BCUT2D eigenvalue weighted by Crippen LogP contribution is -2.14. The second-order valence-electron chi connectivity index (χ2n) is 3.94. The molecule has 0 saturated carbocycles. The van der Waals surface area contributed by atoms with Crippen LogP contribution in [0.4, 0.5) is 0 Å². The van der Waals surface area contributed by atoms with Crippen molar-refractivity contribution in [2.75, 3.05) is 5.84 Å². The Bertz CT molecular complexity index is 689. The third-order valence-corrected chi connectivity index (χ3v) is 3.22. The van der Waals surface area contributed by atoms with E-state index in [1.807, 2.05) is 6.07 Å². The van der Waals surface area contributed by atoms with E-state index in [0.717, 1.165) is 0 Å². The molecule has 4 N–H and O–H groups in total. The maximum Gasteiger partial charge on any atom is 0.216 e. The molecule has 7 nitrogen and oxygen atoms in total. The fourth-order valence-corrected chi connectivity index (χ4v) is 1.91. The van der Waals surface area contributed by atoms with E-state index in [9.17, 15) is 0 Å². The fourth-order valence-electron chi connectivity index (χ4n) is 1.54. The van der Waals surface area contributed by atoms with E-state index in [1.54, 1.807) is 24.3 Å². The summed E-state index contributed by atoms with van der Waals surface area (Å²) in [4.78, 5) is 0. The van der Waals surface area contributed by atoms with Crippen molar-refractivity contribution in [3.63, 3.8) is 0 Å². The van der Waals surface area contributed by atoms with Gasteiger partial charge in [-0.25, -0.2) is 9.36 Å². The van der Waals surface area contributed by atoms with E-state index in [2.05, 4.69) is 5.10 Å². The lowest BCUT2D eigenvalue weighted by Gasteiger charge is -2.04. The van der Waals surface area contributed by atoms with Crippen molar-refractivity contribution in [2.45, 2.75) is 19.6 Å². The molecule has 0 fully saturated rings. The van der Waals surface area contributed by atoms with Crippen molar-refractivity contribution < 1.29 is 10.2 Å². The molecule has 0 aliphatic rings. The van der Waals surface area contributed by atoms with Crippen LogP contribution in [-0.2, 0) is 13.2 Å². The Balaban J connectivity index is 0.00000220. The summed E-state index contributed by atoms with van der Waals surface area (Å²) in [6.45, 7) is 0.592. The molecule has 0 aliphatic heterocycles. The first kappa shape index (κ1) is 17.0. The molecule has 0 atom stereocenters. The largest absolute Gasteiger partial charge is 0.486 e. The maximum atomic E-state index is 8.57. The summed E-state index contributed by atoms with van der Waals surface area (Å²) in [7, 11) is 0. The molecule has 0 spiro atoms. The zero-order chi connectivity index (χ0) is 14.5. The van der Waals surface area contributed by atoms with Crippen molar-refractivity contribution in [3.05, 3.63) is 39.9 Å². The minimum absolute atomic E-state index is 0. The van der Waals surface area contributed by atoms with Crippen LogP contribution in [0, 0.1) is 16.1 Å². The summed E-state index contributed by atoms with van der Waals surface area (Å²) in [5.74, 6) is 6.96. The van der Waals surface area contributed by atoms with Crippen molar-refractivity contribution >= 4 is 23.8 Å². The predicted molar refractivity (Wildman–Crippen MR) is 80.8 cm³/mol. The highest BCUT2D eigenvalue weighted by molar-refractivity contribution is 7.71. The molecule has 0 unspecified atom stereocenters. The second kappa shape index (κ2) is 7.64. The normalized spacial score (nSPS) is 9.71. The van der Waals surface area contributed by atoms with Gasteiger partial charge in [-0.3, -0.25) is 0 Å². The molecule has 1 aromatic heterocycles. The molecule has 0 aliphatic carbocycles. The summed E-state index contributed by atoms with van der Waals surface area (Å²) in [5, 5.41) is 13.4. The van der Waals surface area contributed by atoms with E-state index < -0.39 is 0 Å². The number of aryl methyl sites for hydroxylation is 1. The van der Waals surface area contributed by atoms with Crippen molar-refractivity contribution in [1.29, 1.82) is 5.26 Å². The minimum Gasteiger partial charge on any atom is -0.486 e. The summed E-state index contributed by atoms with van der Waals surface area (Å²) in [5.41, 5.74) is 0. The summed E-state index contributed by atoms with van der Waals surface area (Å²) >= 11 is 10.9. The van der Waals surface area contributed by atoms with Crippen LogP contribution in [0.2, 0.25) is 5.02 Å². The van der Waals surface area contributed by atoms with Crippen LogP contribution in [0.1, 0.15) is 12.2 Å². The molecule has 1 aromatic carbocycles. The van der Waals surface area contributed by atoms with E-state index in [0.29, 0.717) is 34.3 Å². The smallest absolute Gasteiger partial charge is 0.216 e. The number of ether oxygens (including phenoxy) is 1. The number of hydrogen-bond donors (Lipinski definition) is 1. The van der Waals surface area contributed by atoms with Crippen molar-refractivity contribution in [2.24, 2.45) is 0 Å². The van der Waals surface area contributed by atoms with E-state index in [4.69, 9.17) is 39.7 Å². The van der Waals surface area contributed by atoms with Gasteiger partial charge in [0.25, 0.3) is 0 Å². The van der Waals surface area contributed by atoms with Gasteiger partial charge in [0.05, 0.1) is 19.0 Å². The van der Waals surface area contributed by atoms with Gasteiger partial charge < -0.3 is 16.1 Å². The SMILES string of the molecule is N#CCCn1nc(COc2ccc(Cl)cc2)n(N)c1=S.O. The molecule has 9 heteroatoms. The Labute approximate surface area is 131 Å². The molecular formula is C12H14ClN5O2S. The Morgan fingerprint density at radius 1 is 1.38 bits per heavy atom. The van der Waals surface area contributed by atoms with Gasteiger partial charge in [-0.2, -0.15) is 10.4 Å². The Morgan fingerprint density at radius 2 is 2.05 bits per heavy atom. The topological polar surface area (TPSA) is 113 Å². The number of rotatable bonds is 5. The van der Waals surface area contributed by atoms with Gasteiger partial charge in [0.15, 0.2) is 5.82 Å². The quantitative estimate of drug-likeness (QED) is 0.659. The maximum absolute atomic E-state index is 8.57. The van der Waals surface area contributed by atoms with E-state index >= 15 is 0 Å². The Kier molecular flexibility index (Phi) is 6.17. The van der Waals surface area contributed by atoms with Crippen LogP contribution in [0.3, 0.4) is 0 Å². The molecule has 21 heavy (non-hydrogen) atoms. The predicted octanol–water partition coefficient (Wildman–Crippen LogP) is 1.45. The van der Waals surface area contributed by atoms with Crippen molar-refractivity contribution in [1.82, 2.24) is 14.5 Å². The second-order valence-corrected chi connectivity index (χ2v) is 4.74. The number of nitrogen functional groups attached to an aromatic ring is 1. The first-order valence-corrected chi connectivity index (χ1v) is 6.59. The average molecular weight is 328 g/mol. The lowest BCUT2D eigenvalue weighted by atomic mass is 10.3. The third kappa shape index (κ3) is 4.19. The number of aromatic nitrogens is 3. The van der Waals surface area contributed by atoms with Crippen LogP contribution >= 0.6 is 23.8 Å². The number of halogens is 1. The standard InChI is InChI=1S/C12H12ClN5OS.H2O/c13-9-2-4-10(5-3-9)19-8-11-16-17(7-1-6-14)12(20)18(11)15;/h2-5H,1,7-8,15H2;1H2. The summed E-state index contributed by atoms with van der Waals surface area (Å²) in [6, 6.07) is 9.01. The number of nitrogens with two attached hydrogens (primary N) is 1. The molecule has 0 amide bonds. The minimum atomic E-state index is 0. The molecule has 0 bridgehead atoms. The van der Waals surface area contributed by atoms with Crippen LogP contribution in [0.15, 0.2) is 24.3 Å². The van der Waals surface area contributed by atoms with Crippen LogP contribution in [-0.4, -0.2) is 19.9 Å². The van der Waals surface area contributed by atoms with Gasteiger partial charge in [-0.05, 0) is 36.5 Å². The molecular weight excluding hydrogens is 314 g/mol. The first-order chi connectivity index (χ1) is 9.61. The highest BCUT2D eigenvalue weighted by atomic mass is 35.5. The van der Waals surface area contributed by atoms with Crippen LogP contribution < -0.4 is 10.6 Å². The monoisotopic (exact) mass is 327 g/mol. The highest BCUT2D eigenvalue weighted by Gasteiger charge is 2.09. The molecule has 0 saturated heterocycles. The van der Waals surface area contributed by atoms with Gasteiger partial charge in [0.1, 0.15) is 12.4 Å². The number of benzene rings is 1. The fraction of sp³-hybridized carbons (Fsp3) is 0.250. The molecule has 112 valence electrons. The Morgan fingerprint density at radius 3 is 2.67 bits per heavy atom. The Hall–Kier alpha value is -2.08.